The Balaban J connectivity index is 1.49. The number of nitrogens with zero attached hydrogens (tertiary/aromatic N) is 1. The summed E-state index contributed by atoms with van der Waals surface area (Å²) in [5, 5.41) is -0.431. The van der Waals surface area contributed by atoms with Crippen LogP contribution in [0.2, 0.25) is 0 Å². The molecule has 3 aromatic rings. The molecular weight excluding hydrogens is 441 g/mol. The van der Waals surface area contributed by atoms with Crippen LogP contribution >= 0.6 is 11.8 Å². The maximum absolute atomic E-state index is 14.0. The number of rotatable bonds is 7. The summed E-state index contributed by atoms with van der Waals surface area (Å²) in [7, 11) is 1.54. The fourth-order valence-electron chi connectivity index (χ4n) is 3.32. The lowest BCUT2D eigenvalue weighted by molar-refractivity contribution is -0.123. The van der Waals surface area contributed by atoms with Crippen molar-refractivity contribution in [2.75, 3.05) is 7.11 Å². The van der Waals surface area contributed by atoms with E-state index in [9.17, 15) is 14.0 Å². The van der Waals surface area contributed by atoms with Crippen LogP contribution in [0, 0.1) is 12.7 Å². The van der Waals surface area contributed by atoms with Crippen molar-refractivity contribution in [3.05, 3.63) is 99.7 Å². The Bertz CT molecular complexity index is 1220. The maximum atomic E-state index is 14.0. The lowest BCUT2D eigenvalue weighted by Crippen LogP contribution is -2.27. The van der Waals surface area contributed by atoms with Crippen LogP contribution < -0.4 is 9.47 Å². The van der Waals surface area contributed by atoms with Crippen molar-refractivity contribution in [3.63, 3.8) is 0 Å². The molecule has 0 unspecified atom stereocenters. The van der Waals surface area contributed by atoms with Crippen LogP contribution in [0.25, 0.3) is 6.08 Å². The maximum Gasteiger partial charge on any atom is 0.293 e. The number of carbonyl (C=O) groups is 2. The quantitative estimate of drug-likeness (QED) is 0.405. The molecule has 5 nitrogen and oxygen atoms in total. The molecule has 0 bridgehead atoms. The predicted molar refractivity (Wildman–Crippen MR) is 126 cm³/mol. The third-order valence-corrected chi connectivity index (χ3v) is 6.07. The summed E-state index contributed by atoms with van der Waals surface area (Å²) in [5.74, 6) is 0.183. The van der Waals surface area contributed by atoms with Gasteiger partial charge >= 0.3 is 0 Å². The smallest absolute Gasteiger partial charge is 0.293 e. The fourth-order valence-corrected chi connectivity index (χ4v) is 4.16. The van der Waals surface area contributed by atoms with E-state index in [4.69, 9.17) is 9.47 Å². The average Bonchev–Trinajstić information content (AvgIpc) is 3.07. The summed E-state index contributed by atoms with van der Waals surface area (Å²) in [6, 6.07) is 19.5. The number of thioether (sulfide) groups is 1. The third kappa shape index (κ3) is 5.26. The van der Waals surface area contributed by atoms with Crippen LogP contribution in [0.3, 0.4) is 0 Å². The lowest BCUT2D eigenvalue weighted by atomic mass is 10.1. The van der Waals surface area contributed by atoms with E-state index in [2.05, 4.69) is 0 Å². The molecule has 0 N–H and O–H groups in total. The highest BCUT2D eigenvalue weighted by molar-refractivity contribution is 8.18. The topological polar surface area (TPSA) is 55.8 Å². The van der Waals surface area contributed by atoms with Crippen molar-refractivity contribution < 1.29 is 23.5 Å². The van der Waals surface area contributed by atoms with Gasteiger partial charge in [0.25, 0.3) is 11.1 Å². The zero-order chi connectivity index (χ0) is 23.4. The van der Waals surface area contributed by atoms with Gasteiger partial charge in [0.1, 0.15) is 12.4 Å². The van der Waals surface area contributed by atoms with E-state index >= 15 is 0 Å². The second kappa shape index (κ2) is 9.92. The summed E-state index contributed by atoms with van der Waals surface area (Å²) in [6.07, 6.45) is 1.62. The van der Waals surface area contributed by atoms with Gasteiger partial charge in [0.2, 0.25) is 0 Å². The van der Waals surface area contributed by atoms with Crippen molar-refractivity contribution in [3.8, 4) is 11.5 Å². The molecule has 7 heteroatoms. The largest absolute Gasteiger partial charge is 0.493 e. The van der Waals surface area contributed by atoms with Crippen molar-refractivity contribution >= 4 is 29.0 Å². The average molecular weight is 464 g/mol. The number of hydrogen-bond acceptors (Lipinski definition) is 5. The van der Waals surface area contributed by atoms with Gasteiger partial charge in [-0.15, -0.1) is 0 Å². The van der Waals surface area contributed by atoms with Gasteiger partial charge in [0.15, 0.2) is 11.5 Å². The molecule has 1 heterocycles. The lowest BCUT2D eigenvalue weighted by Gasteiger charge is -2.13. The predicted octanol–water partition coefficient (Wildman–Crippen LogP) is 5.96. The first-order chi connectivity index (χ1) is 15.9. The first kappa shape index (κ1) is 22.6. The fraction of sp³-hybridized carbons (Fsp3) is 0.154. The Labute approximate surface area is 195 Å². The molecule has 1 fully saturated rings. The minimum Gasteiger partial charge on any atom is -0.493 e. The standard InChI is InChI=1S/C26H22FNO4S/c1-17-7-9-18(10-8-17)16-32-22-12-11-19(13-23(22)31-2)14-24-25(29)28(26(30)33-24)15-20-5-3-4-6-21(20)27/h3-14H,15-16H2,1-2H3/b24-14+. The first-order valence-corrected chi connectivity index (χ1v) is 11.1. The number of imide groups is 1. The highest BCUT2D eigenvalue weighted by Gasteiger charge is 2.35. The molecular formula is C26H22FNO4S. The number of amides is 2. The van der Waals surface area contributed by atoms with Crippen LogP contribution in [0.5, 0.6) is 11.5 Å². The van der Waals surface area contributed by atoms with Gasteiger partial charge in [-0.2, -0.15) is 0 Å². The normalized spacial score (nSPS) is 14.8. The summed E-state index contributed by atoms with van der Waals surface area (Å²) in [6.45, 7) is 2.32. The molecule has 33 heavy (non-hydrogen) atoms. The number of carbonyl (C=O) groups excluding carboxylic acids is 2. The summed E-state index contributed by atoms with van der Waals surface area (Å²) >= 11 is 0.832. The van der Waals surface area contributed by atoms with Gasteiger partial charge in [-0.25, -0.2) is 4.39 Å². The van der Waals surface area contributed by atoms with Gasteiger partial charge in [0, 0.05) is 5.56 Å². The van der Waals surface area contributed by atoms with Crippen molar-refractivity contribution in [1.29, 1.82) is 0 Å². The third-order valence-electron chi connectivity index (χ3n) is 5.16. The summed E-state index contributed by atoms with van der Waals surface area (Å²) in [5.41, 5.74) is 3.19. The van der Waals surface area contributed by atoms with E-state index in [0.717, 1.165) is 22.2 Å². The van der Waals surface area contributed by atoms with Gasteiger partial charge in [-0.1, -0.05) is 54.1 Å². The molecule has 0 atom stereocenters. The second-order valence-electron chi connectivity index (χ2n) is 7.54. The highest BCUT2D eigenvalue weighted by Crippen LogP contribution is 2.35. The first-order valence-electron chi connectivity index (χ1n) is 10.3. The van der Waals surface area contributed by atoms with E-state index in [1.54, 1.807) is 49.6 Å². The Hall–Kier alpha value is -3.58. The zero-order valence-corrected chi connectivity index (χ0v) is 19.0. The molecule has 1 saturated heterocycles. The molecule has 168 valence electrons. The number of methoxy groups -OCH3 is 1. The van der Waals surface area contributed by atoms with Crippen molar-refractivity contribution in [2.24, 2.45) is 0 Å². The summed E-state index contributed by atoms with van der Waals surface area (Å²) in [4.78, 5) is 26.5. The van der Waals surface area contributed by atoms with E-state index in [1.807, 2.05) is 31.2 Å². The number of aryl methyl sites for hydroxylation is 1. The minimum absolute atomic E-state index is 0.107. The van der Waals surface area contributed by atoms with Crippen LogP contribution in [-0.2, 0) is 17.9 Å². The monoisotopic (exact) mass is 463 g/mol. The van der Waals surface area contributed by atoms with Crippen LogP contribution in [-0.4, -0.2) is 23.2 Å². The SMILES string of the molecule is COc1cc(/C=C2/SC(=O)N(Cc3ccccc3F)C2=O)ccc1OCc1ccc(C)cc1. The van der Waals surface area contributed by atoms with E-state index < -0.39 is 17.0 Å². The van der Waals surface area contributed by atoms with Gasteiger partial charge in [0.05, 0.1) is 18.6 Å². The molecule has 4 rings (SSSR count). The van der Waals surface area contributed by atoms with Crippen LogP contribution in [0.1, 0.15) is 22.3 Å². The molecule has 0 saturated carbocycles. The van der Waals surface area contributed by atoms with Crippen molar-refractivity contribution in [2.45, 2.75) is 20.1 Å². The molecule has 0 radical (unpaired) electrons. The summed E-state index contributed by atoms with van der Waals surface area (Å²) < 4.78 is 25.3. The van der Waals surface area contributed by atoms with Crippen LogP contribution in [0.15, 0.2) is 71.6 Å². The Morgan fingerprint density at radius 1 is 1.00 bits per heavy atom. The number of benzene rings is 3. The number of ether oxygens (including phenoxy) is 2. The molecule has 1 aliphatic heterocycles. The Morgan fingerprint density at radius 3 is 2.48 bits per heavy atom. The van der Waals surface area contributed by atoms with Gasteiger partial charge in [-0.3, -0.25) is 14.5 Å². The van der Waals surface area contributed by atoms with E-state index in [0.29, 0.717) is 23.7 Å². The molecule has 0 spiro atoms. The molecule has 1 aliphatic rings. The molecule has 0 aromatic heterocycles. The van der Waals surface area contributed by atoms with Crippen LogP contribution in [0.4, 0.5) is 9.18 Å². The second-order valence-corrected chi connectivity index (χ2v) is 8.54. The zero-order valence-electron chi connectivity index (χ0n) is 18.2. The highest BCUT2D eigenvalue weighted by atomic mass is 32.2. The molecule has 0 aliphatic carbocycles. The molecule has 3 aromatic carbocycles. The van der Waals surface area contributed by atoms with Gasteiger partial charge < -0.3 is 9.47 Å². The Morgan fingerprint density at radius 2 is 1.76 bits per heavy atom. The van der Waals surface area contributed by atoms with E-state index in [1.165, 1.54) is 11.6 Å². The molecule has 2 amide bonds. The number of halogens is 1. The van der Waals surface area contributed by atoms with Crippen molar-refractivity contribution in [1.82, 2.24) is 4.90 Å². The minimum atomic E-state index is -0.452. The number of hydrogen-bond donors (Lipinski definition) is 0. The Kier molecular flexibility index (Phi) is 6.79. The van der Waals surface area contributed by atoms with E-state index in [-0.39, 0.29) is 17.0 Å². The van der Waals surface area contributed by atoms with Gasteiger partial charge in [-0.05, 0) is 54.1 Å².